The molecule has 2 N–H and O–H groups in total. The van der Waals surface area contributed by atoms with Crippen molar-refractivity contribution in [3.63, 3.8) is 0 Å². The number of carboxylic acids is 1. The van der Waals surface area contributed by atoms with Gasteiger partial charge in [0.15, 0.2) is 0 Å². The summed E-state index contributed by atoms with van der Waals surface area (Å²) in [6.07, 6.45) is 3.91. The summed E-state index contributed by atoms with van der Waals surface area (Å²) in [6, 6.07) is 1.37. The maximum Gasteiger partial charge on any atom is 0.365 e. The van der Waals surface area contributed by atoms with E-state index in [0.29, 0.717) is 12.6 Å². The summed E-state index contributed by atoms with van der Waals surface area (Å²) in [5.74, 6) is -0.938. The van der Waals surface area contributed by atoms with Crippen molar-refractivity contribution >= 4 is 17.3 Å². The highest BCUT2D eigenvalue weighted by molar-refractivity contribution is 7.11. The smallest absolute Gasteiger partial charge is 0.365 e. The van der Waals surface area contributed by atoms with E-state index in [0.717, 1.165) is 18.3 Å². The number of hydrogen-bond donors (Lipinski definition) is 2. The lowest BCUT2D eigenvalue weighted by atomic mass is 10.2. The number of nitrogens with zero attached hydrogens (tertiary/aromatic N) is 2. The molecule has 0 bridgehead atoms. The van der Waals surface area contributed by atoms with E-state index < -0.39 is 5.97 Å². The lowest BCUT2D eigenvalue weighted by Gasteiger charge is -2.15. The van der Waals surface area contributed by atoms with Gasteiger partial charge >= 0.3 is 5.97 Å². The van der Waals surface area contributed by atoms with Crippen LogP contribution in [0.5, 0.6) is 0 Å². The van der Waals surface area contributed by atoms with Crippen molar-refractivity contribution in [1.82, 2.24) is 15.2 Å². The summed E-state index contributed by atoms with van der Waals surface area (Å²) in [5, 5.41) is 14.3. The van der Waals surface area contributed by atoms with E-state index >= 15 is 0 Å². The Morgan fingerprint density at radius 1 is 1.56 bits per heavy atom. The van der Waals surface area contributed by atoms with Crippen molar-refractivity contribution in [2.45, 2.75) is 37.9 Å². The molecule has 2 heterocycles. The van der Waals surface area contributed by atoms with Crippen LogP contribution in [0.4, 0.5) is 0 Å². The van der Waals surface area contributed by atoms with Crippen LogP contribution < -0.4 is 5.32 Å². The number of likely N-dealkylation sites (tertiary alicyclic amines) is 1. The Hall–Kier alpha value is -0.980. The normalized spacial score (nSPS) is 24.6. The van der Waals surface area contributed by atoms with E-state index in [2.05, 4.69) is 15.2 Å². The molecule has 5 nitrogen and oxygen atoms in total. The molecular formula is C12H17N3O2S. The number of carboxylic acid groups (broad SMARTS) is 1. The molecule has 1 aliphatic heterocycles. The molecule has 1 saturated carbocycles. The zero-order valence-electron chi connectivity index (χ0n) is 10.1. The average Bonchev–Trinajstić information content (AvgIpc) is 2.92. The molecule has 1 aromatic rings. The van der Waals surface area contributed by atoms with Gasteiger partial charge in [0.25, 0.3) is 0 Å². The molecule has 2 aliphatic rings. The van der Waals surface area contributed by atoms with Crippen LogP contribution in [0.3, 0.4) is 0 Å². The molecule has 0 aromatic carbocycles. The Kier molecular flexibility index (Phi) is 3.32. The third kappa shape index (κ3) is 2.71. The van der Waals surface area contributed by atoms with E-state index in [9.17, 15) is 4.79 Å². The van der Waals surface area contributed by atoms with Gasteiger partial charge in [0.2, 0.25) is 5.01 Å². The minimum Gasteiger partial charge on any atom is -0.476 e. The third-order valence-electron chi connectivity index (χ3n) is 3.59. The van der Waals surface area contributed by atoms with E-state index in [1.165, 1.54) is 37.1 Å². The quantitative estimate of drug-likeness (QED) is 0.838. The van der Waals surface area contributed by atoms with Crippen molar-refractivity contribution < 1.29 is 9.90 Å². The molecule has 1 unspecified atom stereocenters. The molecule has 2 fully saturated rings. The molecule has 98 valence electrons. The highest BCUT2D eigenvalue weighted by atomic mass is 32.1. The van der Waals surface area contributed by atoms with Crippen LogP contribution in [0.25, 0.3) is 0 Å². The number of thiazole rings is 1. The van der Waals surface area contributed by atoms with Gasteiger partial charge in [0, 0.05) is 37.1 Å². The molecule has 0 amide bonds. The number of rotatable bonds is 5. The first-order valence-electron chi connectivity index (χ1n) is 6.37. The first-order valence-corrected chi connectivity index (χ1v) is 7.25. The maximum atomic E-state index is 10.7. The second kappa shape index (κ2) is 4.95. The number of nitrogens with one attached hydrogen (secondary N) is 1. The molecular weight excluding hydrogens is 250 g/mol. The van der Waals surface area contributed by atoms with Gasteiger partial charge in [-0.1, -0.05) is 0 Å². The van der Waals surface area contributed by atoms with Crippen LogP contribution >= 0.6 is 11.3 Å². The molecule has 0 spiro atoms. The van der Waals surface area contributed by atoms with Crippen molar-refractivity contribution in [3.05, 3.63) is 16.1 Å². The lowest BCUT2D eigenvalue weighted by Crippen LogP contribution is -2.32. The Labute approximate surface area is 110 Å². The summed E-state index contributed by atoms with van der Waals surface area (Å²) in [5.41, 5.74) is 0.835. The lowest BCUT2D eigenvalue weighted by molar-refractivity contribution is 0.0696. The van der Waals surface area contributed by atoms with Crippen molar-refractivity contribution in [3.8, 4) is 0 Å². The zero-order valence-corrected chi connectivity index (χ0v) is 10.9. The molecule has 1 saturated heterocycles. The van der Waals surface area contributed by atoms with Crippen molar-refractivity contribution in [2.75, 3.05) is 13.1 Å². The molecule has 1 atom stereocenters. The van der Waals surface area contributed by atoms with E-state index in [-0.39, 0.29) is 5.01 Å². The van der Waals surface area contributed by atoms with Crippen LogP contribution in [-0.4, -0.2) is 46.1 Å². The monoisotopic (exact) mass is 267 g/mol. The molecule has 1 aliphatic carbocycles. The molecule has 0 radical (unpaired) electrons. The van der Waals surface area contributed by atoms with Gasteiger partial charge in [0.1, 0.15) is 0 Å². The number of aromatic carboxylic acids is 1. The highest BCUT2D eigenvalue weighted by Crippen LogP contribution is 2.29. The SMILES string of the molecule is O=C(O)c1nc(CNC2CCN(C3CC3)C2)cs1. The van der Waals surface area contributed by atoms with Gasteiger partial charge in [-0.3, -0.25) is 4.90 Å². The van der Waals surface area contributed by atoms with Gasteiger partial charge in [-0.05, 0) is 19.3 Å². The van der Waals surface area contributed by atoms with Crippen LogP contribution in [0, 0.1) is 0 Å². The van der Waals surface area contributed by atoms with E-state index in [4.69, 9.17) is 5.11 Å². The highest BCUT2D eigenvalue weighted by Gasteiger charge is 2.34. The Bertz CT molecular complexity index is 444. The van der Waals surface area contributed by atoms with Crippen LogP contribution in [0.15, 0.2) is 5.38 Å². The summed E-state index contributed by atoms with van der Waals surface area (Å²) < 4.78 is 0. The first kappa shape index (κ1) is 12.1. The number of carbonyl (C=O) groups is 1. The van der Waals surface area contributed by atoms with Crippen LogP contribution in [-0.2, 0) is 6.54 Å². The topological polar surface area (TPSA) is 65.5 Å². The minimum atomic E-state index is -0.938. The summed E-state index contributed by atoms with van der Waals surface area (Å²) in [6.45, 7) is 2.99. The average molecular weight is 267 g/mol. The van der Waals surface area contributed by atoms with E-state index in [1.54, 1.807) is 0 Å². The molecule has 3 rings (SSSR count). The number of aromatic nitrogens is 1. The van der Waals surface area contributed by atoms with Crippen molar-refractivity contribution in [1.29, 1.82) is 0 Å². The Morgan fingerprint density at radius 3 is 3.06 bits per heavy atom. The van der Waals surface area contributed by atoms with Crippen LogP contribution in [0.2, 0.25) is 0 Å². The Balaban J connectivity index is 1.47. The third-order valence-corrected chi connectivity index (χ3v) is 4.47. The fourth-order valence-electron chi connectivity index (χ4n) is 2.46. The van der Waals surface area contributed by atoms with Crippen molar-refractivity contribution in [2.24, 2.45) is 0 Å². The van der Waals surface area contributed by atoms with E-state index in [1.807, 2.05) is 5.38 Å². The fraction of sp³-hybridized carbons (Fsp3) is 0.667. The predicted molar refractivity (Wildman–Crippen MR) is 68.9 cm³/mol. The summed E-state index contributed by atoms with van der Waals surface area (Å²) in [4.78, 5) is 17.4. The Morgan fingerprint density at radius 2 is 2.39 bits per heavy atom. The maximum absolute atomic E-state index is 10.7. The zero-order chi connectivity index (χ0) is 12.5. The van der Waals surface area contributed by atoms with Gasteiger partial charge in [0.05, 0.1) is 5.69 Å². The fourth-order valence-corrected chi connectivity index (χ4v) is 3.12. The number of hydrogen-bond acceptors (Lipinski definition) is 5. The summed E-state index contributed by atoms with van der Waals surface area (Å²) >= 11 is 1.19. The standard InChI is InChI=1S/C12H17N3O2S/c16-12(17)11-14-9(7-18-11)5-13-8-3-4-15(6-8)10-1-2-10/h7-8,10,13H,1-6H2,(H,16,17). The molecule has 1 aromatic heterocycles. The molecule has 18 heavy (non-hydrogen) atoms. The summed E-state index contributed by atoms with van der Waals surface area (Å²) in [7, 11) is 0. The van der Waals surface area contributed by atoms with Gasteiger partial charge in [-0.15, -0.1) is 11.3 Å². The predicted octanol–water partition coefficient (Wildman–Crippen LogP) is 1.17. The second-order valence-corrected chi connectivity index (χ2v) is 5.90. The minimum absolute atomic E-state index is 0.179. The largest absolute Gasteiger partial charge is 0.476 e. The first-order chi connectivity index (χ1) is 8.72. The molecule has 6 heteroatoms. The van der Waals surface area contributed by atoms with Gasteiger partial charge in [-0.2, -0.15) is 0 Å². The van der Waals surface area contributed by atoms with Crippen LogP contribution in [0.1, 0.15) is 34.8 Å². The van der Waals surface area contributed by atoms with Gasteiger partial charge in [-0.25, -0.2) is 9.78 Å². The van der Waals surface area contributed by atoms with Gasteiger partial charge < -0.3 is 10.4 Å². The second-order valence-electron chi connectivity index (χ2n) is 5.04.